The van der Waals surface area contributed by atoms with Crippen LogP contribution < -0.4 is 5.32 Å². The molecule has 0 fully saturated rings. The third kappa shape index (κ3) is 5.27. The average Bonchev–Trinajstić information content (AvgIpc) is 2.31. The summed E-state index contributed by atoms with van der Waals surface area (Å²) in [4.78, 5) is 11.3. The lowest BCUT2D eigenvalue weighted by molar-refractivity contribution is -0.151. The van der Waals surface area contributed by atoms with Crippen LogP contribution in [0.15, 0.2) is 24.3 Å². The first kappa shape index (κ1) is 14.6. The number of hydrogen-bond donors (Lipinski definition) is 1. The van der Waals surface area contributed by atoms with Crippen molar-refractivity contribution in [2.75, 3.05) is 6.54 Å². The lowest BCUT2D eigenvalue weighted by atomic mass is 10.2. The van der Waals surface area contributed by atoms with Gasteiger partial charge in [0.1, 0.15) is 11.9 Å². The summed E-state index contributed by atoms with van der Waals surface area (Å²) >= 11 is 0. The highest BCUT2D eigenvalue weighted by Crippen LogP contribution is 2.03. The topological polar surface area (TPSA) is 38.3 Å². The molecule has 0 spiro atoms. The Morgan fingerprint density at radius 2 is 1.89 bits per heavy atom. The van der Waals surface area contributed by atoms with Gasteiger partial charge in [-0.3, -0.25) is 4.79 Å². The van der Waals surface area contributed by atoms with E-state index in [1.165, 1.54) is 12.1 Å². The molecular weight excluding hydrogens is 233 g/mol. The quantitative estimate of drug-likeness (QED) is 0.792. The highest BCUT2D eigenvalue weighted by Gasteiger charge is 2.12. The standard InChI is InChI=1S/C14H20FNO2/c1-10(2)14(17)18-11(3)8-16-9-12-4-6-13(15)7-5-12/h4-7,10-11,16H,8-9H2,1-3H3. The maximum absolute atomic E-state index is 12.7. The summed E-state index contributed by atoms with van der Waals surface area (Å²) < 4.78 is 17.9. The van der Waals surface area contributed by atoms with E-state index in [4.69, 9.17) is 4.74 Å². The van der Waals surface area contributed by atoms with Crippen LogP contribution in [0.25, 0.3) is 0 Å². The molecule has 4 heteroatoms. The zero-order valence-electron chi connectivity index (χ0n) is 11.1. The second-order valence-electron chi connectivity index (χ2n) is 4.66. The molecule has 0 amide bonds. The first-order chi connectivity index (χ1) is 8.49. The van der Waals surface area contributed by atoms with E-state index in [0.717, 1.165) is 5.56 Å². The molecule has 0 bridgehead atoms. The van der Waals surface area contributed by atoms with Crippen LogP contribution in [-0.2, 0) is 16.1 Å². The van der Waals surface area contributed by atoms with Crippen molar-refractivity contribution in [1.29, 1.82) is 0 Å². The Balaban J connectivity index is 2.25. The molecule has 1 aromatic carbocycles. The molecule has 18 heavy (non-hydrogen) atoms. The van der Waals surface area contributed by atoms with E-state index >= 15 is 0 Å². The van der Waals surface area contributed by atoms with Crippen molar-refractivity contribution < 1.29 is 13.9 Å². The third-order valence-electron chi connectivity index (χ3n) is 2.46. The van der Waals surface area contributed by atoms with E-state index in [0.29, 0.717) is 13.1 Å². The van der Waals surface area contributed by atoms with Crippen LogP contribution in [0, 0.1) is 11.7 Å². The number of nitrogens with one attached hydrogen (secondary N) is 1. The van der Waals surface area contributed by atoms with E-state index in [2.05, 4.69) is 5.32 Å². The molecule has 0 saturated heterocycles. The fourth-order valence-corrected chi connectivity index (χ4v) is 1.40. The second kappa shape index (κ2) is 7.11. The summed E-state index contributed by atoms with van der Waals surface area (Å²) in [6, 6.07) is 6.32. The largest absolute Gasteiger partial charge is 0.461 e. The number of benzene rings is 1. The molecular formula is C14H20FNO2. The fraction of sp³-hybridized carbons (Fsp3) is 0.500. The van der Waals surface area contributed by atoms with Crippen LogP contribution in [0.1, 0.15) is 26.3 Å². The maximum atomic E-state index is 12.7. The lowest BCUT2D eigenvalue weighted by Crippen LogP contribution is -2.29. The second-order valence-corrected chi connectivity index (χ2v) is 4.66. The minimum Gasteiger partial charge on any atom is -0.461 e. The Morgan fingerprint density at radius 3 is 2.44 bits per heavy atom. The molecule has 1 atom stereocenters. The van der Waals surface area contributed by atoms with Crippen molar-refractivity contribution in [3.8, 4) is 0 Å². The summed E-state index contributed by atoms with van der Waals surface area (Å²) in [5.41, 5.74) is 0.999. The summed E-state index contributed by atoms with van der Waals surface area (Å²) in [6.07, 6.45) is -0.166. The number of hydrogen-bond acceptors (Lipinski definition) is 3. The van der Waals surface area contributed by atoms with Crippen molar-refractivity contribution in [3.63, 3.8) is 0 Å². The van der Waals surface area contributed by atoms with Gasteiger partial charge in [-0.2, -0.15) is 0 Å². The highest BCUT2D eigenvalue weighted by atomic mass is 19.1. The van der Waals surface area contributed by atoms with Crippen LogP contribution in [-0.4, -0.2) is 18.6 Å². The number of halogens is 1. The third-order valence-corrected chi connectivity index (χ3v) is 2.46. The number of ether oxygens (including phenoxy) is 1. The van der Waals surface area contributed by atoms with Gasteiger partial charge in [0.15, 0.2) is 0 Å². The molecule has 0 heterocycles. The van der Waals surface area contributed by atoms with Crippen LogP contribution in [0.2, 0.25) is 0 Å². The van der Waals surface area contributed by atoms with E-state index in [1.807, 2.05) is 6.92 Å². The molecule has 0 saturated carbocycles. The van der Waals surface area contributed by atoms with Gasteiger partial charge in [-0.25, -0.2) is 4.39 Å². The maximum Gasteiger partial charge on any atom is 0.308 e. The van der Waals surface area contributed by atoms with Gasteiger partial charge >= 0.3 is 5.97 Å². The molecule has 100 valence electrons. The summed E-state index contributed by atoms with van der Waals surface area (Å²) in [5.74, 6) is -0.534. The van der Waals surface area contributed by atoms with E-state index < -0.39 is 0 Å². The van der Waals surface area contributed by atoms with Gasteiger partial charge in [0.05, 0.1) is 5.92 Å². The molecule has 0 aliphatic rings. The predicted molar refractivity (Wildman–Crippen MR) is 68.5 cm³/mol. The first-order valence-electron chi connectivity index (χ1n) is 6.14. The van der Waals surface area contributed by atoms with Crippen molar-refractivity contribution >= 4 is 5.97 Å². The van der Waals surface area contributed by atoms with Gasteiger partial charge in [0.25, 0.3) is 0 Å². The summed E-state index contributed by atoms with van der Waals surface area (Å²) in [6.45, 7) is 6.67. The van der Waals surface area contributed by atoms with Gasteiger partial charge in [-0.1, -0.05) is 26.0 Å². The highest BCUT2D eigenvalue weighted by molar-refractivity contribution is 5.71. The number of rotatable bonds is 6. The normalized spacial score (nSPS) is 12.5. The van der Waals surface area contributed by atoms with Gasteiger partial charge in [0, 0.05) is 13.1 Å². The van der Waals surface area contributed by atoms with E-state index in [-0.39, 0.29) is 23.8 Å². The fourth-order valence-electron chi connectivity index (χ4n) is 1.40. The zero-order chi connectivity index (χ0) is 13.5. The Hall–Kier alpha value is -1.42. The Labute approximate surface area is 107 Å². The van der Waals surface area contributed by atoms with Crippen molar-refractivity contribution in [1.82, 2.24) is 5.32 Å². The summed E-state index contributed by atoms with van der Waals surface area (Å²) in [5, 5.41) is 3.17. The van der Waals surface area contributed by atoms with Crippen LogP contribution in [0.4, 0.5) is 4.39 Å². The molecule has 1 unspecified atom stereocenters. The Bertz CT molecular complexity index is 376. The molecule has 0 aliphatic carbocycles. The van der Waals surface area contributed by atoms with Crippen LogP contribution in [0.5, 0.6) is 0 Å². The first-order valence-corrected chi connectivity index (χ1v) is 6.14. The molecule has 0 aliphatic heterocycles. The number of esters is 1. The van der Waals surface area contributed by atoms with E-state index in [9.17, 15) is 9.18 Å². The Kier molecular flexibility index (Phi) is 5.78. The van der Waals surface area contributed by atoms with E-state index in [1.54, 1.807) is 26.0 Å². The lowest BCUT2D eigenvalue weighted by Gasteiger charge is -2.15. The van der Waals surface area contributed by atoms with Crippen molar-refractivity contribution in [2.24, 2.45) is 5.92 Å². The monoisotopic (exact) mass is 253 g/mol. The SMILES string of the molecule is CC(CNCc1ccc(F)cc1)OC(=O)C(C)C. The van der Waals surface area contributed by atoms with Gasteiger partial charge in [-0.05, 0) is 24.6 Å². The average molecular weight is 253 g/mol. The van der Waals surface area contributed by atoms with Gasteiger partial charge in [-0.15, -0.1) is 0 Å². The molecule has 3 nitrogen and oxygen atoms in total. The molecule has 0 radical (unpaired) electrons. The molecule has 1 aromatic rings. The smallest absolute Gasteiger partial charge is 0.308 e. The number of carbonyl (C=O) groups is 1. The number of carbonyl (C=O) groups excluding carboxylic acids is 1. The van der Waals surface area contributed by atoms with Crippen molar-refractivity contribution in [2.45, 2.75) is 33.4 Å². The van der Waals surface area contributed by atoms with Gasteiger partial charge < -0.3 is 10.1 Å². The summed E-state index contributed by atoms with van der Waals surface area (Å²) in [7, 11) is 0. The molecule has 1 rings (SSSR count). The van der Waals surface area contributed by atoms with Crippen LogP contribution in [0.3, 0.4) is 0 Å². The minimum absolute atomic E-state index is 0.107. The van der Waals surface area contributed by atoms with Crippen LogP contribution >= 0.6 is 0 Å². The van der Waals surface area contributed by atoms with Crippen molar-refractivity contribution in [3.05, 3.63) is 35.6 Å². The molecule has 1 N–H and O–H groups in total. The Morgan fingerprint density at radius 1 is 1.28 bits per heavy atom. The zero-order valence-corrected chi connectivity index (χ0v) is 11.1. The van der Waals surface area contributed by atoms with Gasteiger partial charge in [0.2, 0.25) is 0 Å². The predicted octanol–water partition coefficient (Wildman–Crippen LogP) is 2.50. The minimum atomic E-state index is -0.238. The molecule has 0 aromatic heterocycles.